The summed E-state index contributed by atoms with van der Waals surface area (Å²) >= 11 is 0. The van der Waals surface area contributed by atoms with Crippen molar-refractivity contribution in [2.45, 2.75) is 39.0 Å². The van der Waals surface area contributed by atoms with Gasteiger partial charge in [-0.2, -0.15) is 9.88 Å². The normalized spacial score (nSPS) is 22.1. The van der Waals surface area contributed by atoms with E-state index in [1.165, 1.54) is 4.57 Å². The zero-order valence-electron chi connectivity index (χ0n) is 15.7. The summed E-state index contributed by atoms with van der Waals surface area (Å²) < 4.78 is 18.5. The molecule has 2 aromatic rings. The largest absolute Gasteiger partial charge is 0.505 e. The minimum atomic E-state index is -2.26. The van der Waals surface area contributed by atoms with E-state index < -0.39 is 19.9 Å². The number of aromatic nitrogens is 2. The van der Waals surface area contributed by atoms with Gasteiger partial charge >= 0.3 is 13.7 Å². The summed E-state index contributed by atoms with van der Waals surface area (Å²) in [6.45, 7) is 3.69. The summed E-state index contributed by atoms with van der Waals surface area (Å²) in [4.78, 5) is 38.1. The number of rotatable bonds is 6. The molecule has 28 heavy (non-hydrogen) atoms. The third kappa shape index (κ3) is 4.52. The molecule has 1 aliphatic rings. The first-order valence-corrected chi connectivity index (χ1v) is 10.5. The smallest absolute Gasteiger partial charge is 0.354 e. The molecule has 2 heterocycles. The number of anilines is 1. The Hall–Kier alpha value is -2.41. The standard InChI is InChI=1S/C19H22N3O5P/c1-3-15-14(11-28(25)26)9-16(27-15)22-10-12(2)17(21-19(22)24)20-18(23)13-7-5-4-6-8-13/h4-8,10,14-16H,3,9,11H2,1-2H3,(H-,20,21,23,24,25,26)/p+1/t14-,15-,16?/m1/s1. The topological polar surface area (TPSA) is 111 Å². The lowest BCUT2D eigenvalue weighted by Crippen LogP contribution is -2.29. The molecule has 4 atom stereocenters. The molecule has 9 heteroatoms. The van der Waals surface area contributed by atoms with Crippen LogP contribution in [0.15, 0.2) is 41.3 Å². The maximum absolute atomic E-state index is 12.5. The molecule has 0 radical (unpaired) electrons. The highest BCUT2D eigenvalue weighted by molar-refractivity contribution is 7.38. The fourth-order valence-electron chi connectivity index (χ4n) is 3.45. The van der Waals surface area contributed by atoms with Gasteiger partial charge in [0, 0.05) is 29.7 Å². The Morgan fingerprint density at radius 2 is 2.11 bits per heavy atom. The number of amides is 1. The lowest BCUT2D eigenvalue weighted by atomic mass is 10.0. The molecule has 1 aromatic carbocycles. The molecule has 2 N–H and O–H groups in total. The van der Waals surface area contributed by atoms with Crippen molar-refractivity contribution in [2.75, 3.05) is 11.5 Å². The molecule has 1 saturated heterocycles. The van der Waals surface area contributed by atoms with Crippen molar-refractivity contribution in [1.82, 2.24) is 9.55 Å². The zero-order valence-corrected chi connectivity index (χ0v) is 16.6. The summed E-state index contributed by atoms with van der Waals surface area (Å²) in [7, 11) is -2.26. The second-order valence-electron chi connectivity index (χ2n) is 6.85. The minimum absolute atomic E-state index is 0.0896. The average Bonchev–Trinajstić information content (AvgIpc) is 3.06. The number of carbonyl (C=O) groups is 1. The molecule has 1 aliphatic heterocycles. The number of ether oxygens (including phenoxy) is 1. The third-order valence-corrected chi connectivity index (χ3v) is 5.65. The fourth-order valence-corrected chi connectivity index (χ4v) is 4.23. The van der Waals surface area contributed by atoms with Crippen molar-refractivity contribution in [3.63, 3.8) is 0 Å². The summed E-state index contributed by atoms with van der Waals surface area (Å²) in [5.74, 6) is -0.230. The minimum Gasteiger partial charge on any atom is -0.354 e. The first kappa shape index (κ1) is 20.3. The lowest BCUT2D eigenvalue weighted by Gasteiger charge is -2.16. The van der Waals surface area contributed by atoms with E-state index in [1.54, 1.807) is 37.4 Å². The van der Waals surface area contributed by atoms with Gasteiger partial charge in [-0.25, -0.2) is 4.79 Å². The highest BCUT2D eigenvalue weighted by Gasteiger charge is 2.40. The Bertz CT molecular complexity index is 931. The Morgan fingerprint density at radius 1 is 1.39 bits per heavy atom. The number of carbonyl (C=O) groups excluding carboxylic acids is 1. The van der Waals surface area contributed by atoms with E-state index in [9.17, 15) is 19.0 Å². The highest BCUT2D eigenvalue weighted by atomic mass is 31.1. The van der Waals surface area contributed by atoms with Crippen LogP contribution in [0.4, 0.5) is 5.82 Å². The predicted molar refractivity (Wildman–Crippen MR) is 105 cm³/mol. The maximum atomic E-state index is 12.5. The first-order chi connectivity index (χ1) is 13.4. The highest BCUT2D eigenvalue weighted by Crippen LogP contribution is 2.38. The molecule has 2 unspecified atom stereocenters. The van der Waals surface area contributed by atoms with Gasteiger partial charge in [-0.3, -0.25) is 9.36 Å². The van der Waals surface area contributed by atoms with Crippen molar-refractivity contribution in [3.8, 4) is 0 Å². The summed E-state index contributed by atoms with van der Waals surface area (Å²) in [5, 5.41) is 2.66. The zero-order chi connectivity index (χ0) is 20.3. The van der Waals surface area contributed by atoms with E-state index in [0.717, 1.165) is 0 Å². The summed E-state index contributed by atoms with van der Waals surface area (Å²) in [6.07, 6.45) is 2.20. The van der Waals surface area contributed by atoms with Crippen molar-refractivity contribution in [2.24, 2.45) is 5.92 Å². The van der Waals surface area contributed by atoms with Crippen LogP contribution in [-0.4, -0.2) is 32.6 Å². The van der Waals surface area contributed by atoms with Crippen LogP contribution in [0.1, 0.15) is 41.9 Å². The van der Waals surface area contributed by atoms with Crippen molar-refractivity contribution in [1.29, 1.82) is 0 Å². The van der Waals surface area contributed by atoms with Crippen molar-refractivity contribution in [3.05, 3.63) is 58.1 Å². The number of hydrogen-bond acceptors (Lipinski definition) is 5. The van der Waals surface area contributed by atoms with Gasteiger partial charge in [0.25, 0.3) is 5.91 Å². The van der Waals surface area contributed by atoms with E-state index >= 15 is 0 Å². The molecule has 3 rings (SSSR count). The van der Waals surface area contributed by atoms with Crippen LogP contribution in [-0.2, 0) is 9.30 Å². The van der Waals surface area contributed by atoms with E-state index in [1.807, 2.05) is 13.0 Å². The molecule has 1 aromatic heterocycles. The average molecular weight is 404 g/mol. The second kappa shape index (κ2) is 8.73. The molecule has 8 nitrogen and oxygen atoms in total. The van der Waals surface area contributed by atoms with Crippen LogP contribution in [0.3, 0.4) is 0 Å². The van der Waals surface area contributed by atoms with Gasteiger partial charge in [-0.1, -0.05) is 25.1 Å². The monoisotopic (exact) mass is 404 g/mol. The molecule has 0 bridgehead atoms. The van der Waals surface area contributed by atoms with Crippen LogP contribution in [0.5, 0.6) is 0 Å². The Morgan fingerprint density at radius 3 is 2.75 bits per heavy atom. The predicted octanol–water partition coefficient (Wildman–Crippen LogP) is 2.85. The number of aryl methyl sites for hydroxylation is 1. The van der Waals surface area contributed by atoms with Crippen LogP contribution in [0, 0.1) is 12.8 Å². The van der Waals surface area contributed by atoms with Crippen LogP contribution in [0.25, 0.3) is 0 Å². The van der Waals surface area contributed by atoms with Crippen molar-refractivity contribution < 1.29 is 19.0 Å². The van der Waals surface area contributed by atoms with Gasteiger partial charge in [0.2, 0.25) is 0 Å². The number of nitrogens with zero attached hydrogens (tertiary/aromatic N) is 2. The van der Waals surface area contributed by atoms with Crippen LogP contribution in [0.2, 0.25) is 0 Å². The van der Waals surface area contributed by atoms with Gasteiger partial charge in [0.05, 0.1) is 6.10 Å². The number of nitrogens with one attached hydrogen (secondary N) is 1. The van der Waals surface area contributed by atoms with E-state index in [2.05, 4.69) is 10.3 Å². The van der Waals surface area contributed by atoms with Crippen LogP contribution >= 0.6 is 8.03 Å². The molecule has 0 aliphatic carbocycles. The fraction of sp³-hybridized carbons (Fsp3) is 0.421. The van der Waals surface area contributed by atoms with Crippen LogP contribution < -0.4 is 11.0 Å². The maximum Gasteiger partial charge on any atom is 0.505 e. The molecular formula is C19H23N3O5P+. The van der Waals surface area contributed by atoms with Gasteiger partial charge in [-0.05, 0) is 30.0 Å². The second-order valence-corrected chi connectivity index (χ2v) is 7.92. The molecule has 0 saturated carbocycles. The molecule has 1 amide bonds. The molecule has 148 valence electrons. The summed E-state index contributed by atoms with van der Waals surface area (Å²) in [6, 6.07) is 8.67. The van der Waals surface area contributed by atoms with E-state index in [0.29, 0.717) is 24.0 Å². The molecule has 0 spiro atoms. The van der Waals surface area contributed by atoms with Crippen molar-refractivity contribution >= 4 is 19.8 Å². The molecule has 1 fully saturated rings. The Kier molecular flexibility index (Phi) is 6.34. The van der Waals surface area contributed by atoms with Gasteiger partial charge in [-0.15, -0.1) is 0 Å². The Labute approximate surface area is 163 Å². The third-order valence-electron chi connectivity index (χ3n) is 4.87. The number of benzene rings is 1. The molecular weight excluding hydrogens is 381 g/mol. The SMILES string of the molecule is CC[C@H]1OC(n2cc(C)c(NC(=O)c3ccccc3)nc2=O)C[C@@H]1C[P+](=O)O. The lowest BCUT2D eigenvalue weighted by molar-refractivity contribution is -0.00744. The van der Waals surface area contributed by atoms with Gasteiger partial charge in [0.15, 0.2) is 6.16 Å². The summed E-state index contributed by atoms with van der Waals surface area (Å²) in [5.41, 5.74) is 0.554. The van der Waals surface area contributed by atoms with Gasteiger partial charge in [0.1, 0.15) is 12.0 Å². The quantitative estimate of drug-likeness (QED) is 0.717. The number of hydrogen-bond donors (Lipinski definition) is 2. The first-order valence-electron chi connectivity index (χ1n) is 9.14. The van der Waals surface area contributed by atoms with E-state index in [-0.39, 0.29) is 29.9 Å². The van der Waals surface area contributed by atoms with Gasteiger partial charge < -0.3 is 10.1 Å². The van der Waals surface area contributed by atoms with E-state index in [4.69, 9.17) is 4.74 Å². The Balaban J connectivity index is 1.80.